The molecular weight excluding hydrogens is 327 g/mol. The highest BCUT2D eigenvalue weighted by atomic mass is 19.1. The molecule has 130 valence electrons. The molecule has 6 heteroatoms. The van der Waals surface area contributed by atoms with Crippen LogP contribution in [0, 0.1) is 5.82 Å². The Balaban J connectivity index is 2.45. The van der Waals surface area contributed by atoms with Crippen molar-refractivity contribution in [3.63, 3.8) is 0 Å². The van der Waals surface area contributed by atoms with Gasteiger partial charge in [0.1, 0.15) is 11.4 Å². The summed E-state index contributed by atoms with van der Waals surface area (Å²) >= 11 is 0. The molecule has 0 heterocycles. The van der Waals surface area contributed by atoms with E-state index in [0.717, 1.165) is 12.1 Å². The highest BCUT2D eigenvalue weighted by Gasteiger charge is 2.23. The average molecular weight is 344 g/mol. The van der Waals surface area contributed by atoms with Crippen LogP contribution in [0.1, 0.15) is 51.3 Å². The van der Waals surface area contributed by atoms with Crippen LogP contribution in [0.5, 0.6) is 5.75 Å². The van der Waals surface area contributed by atoms with Gasteiger partial charge < -0.3 is 9.47 Å². The third-order valence-corrected chi connectivity index (χ3v) is 3.41. The lowest BCUT2D eigenvalue weighted by atomic mass is 10.0. The summed E-state index contributed by atoms with van der Waals surface area (Å²) in [5.74, 6) is -2.43. The SMILES string of the molecule is CCOC(=O)c1cccc(C(=O)CC)c1OC(=O)c1ccc(F)cc1. The molecule has 25 heavy (non-hydrogen) atoms. The van der Waals surface area contributed by atoms with Gasteiger partial charge in [0, 0.05) is 6.42 Å². The standard InChI is InChI=1S/C19H17FO5/c1-3-16(21)14-6-5-7-15(19(23)24-4-2)17(14)25-18(22)12-8-10-13(20)11-9-12/h5-11H,3-4H2,1-2H3. The predicted octanol–water partition coefficient (Wildman–Crippen LogP) is 3.81. The van der Waals surface area contributed by atoms with E-state index >= 15 is 0 Å². The minimum Gasteiger partial charge on any atom is -0.462 e. The summed E-state index contributed by atoms with van der Waals surface area (Å²) in [6.45, 7) is 3.43. The number of benzene rings is 2. The second-order valence-corrected chi connectivity index (χ2v) is 5.08. The molecule has 5 nitrogen and oxygen atoms in total. The van der Waals surface area contributed by atoms with Crippen LogP contribution in [0.15, 0.2) is 42.5 Å². The van der Waals surface area contributed by atoms with E-state index in [1.54, 1.807) is 13.8 Å². The lowest BCUT2D eigenvalue weighted by molar-refractivity contribution is 0.0520. The second kappa shape index (κ2) is 8.19. The van der Waals surface area contributed by atoms with Crippen molar-refractivity contribution in [1.29, 1.82) is 0 Å². The van der Waals surface area contributed by atoms with Gasteiger partial charge in [-0.2, -0.15) is 0 Å². The van der Waals surface area contributed by atoms with E-state index in [4.69, 9.17) is 9.47 Å². The zero-order valence-corrected chi connectivity index (χ0v) is 13.9. The highest BCUT2D eigenvalue weighted by Crippen LogP contribution is 2.27. The molecule has 0 spiro atoms. The Morgan fingerprint density at radius 2 is 1.56 bits per heavy atom. The van der Waals surface area contributed by atoms with E-state index in [0.29, 0.717) is 0 Å². The molecule has 0 N–H and O–H groups in total. The number of halogens is 1. The van der Waals surface area contributed by atoms with Gasteiger partial charge in [-0.1, -0.05) is 13.0 Å². The van der Waals surface area contributed by atoms with Gasteiger partial charge in [-0.3, -0.25) is 4.79 Å². The van der Waals surface area contributed by atoms with Crippen LogP contribution in [0.4, 0.5) is 4.39 Å². The van der Waals surface area contributed by atoms with Gasteiger partial charge in [0.05, 0.1) is 17.7 Å². The zero-order valence-electron chi connectivity index (χ0n) is 13.9. The summed E-state index contributed by atoms with van der Waals surface area (Å²) in [5, 5.41) is 0. The Morgan fingerprint density at radius 3 is 2.16 bits per heavy atom. The summed E-state index contributed by atoms with van der Waals surface area (Å²) in [6, 6.07) is 9.15. The minimum atomic E-state index is -0.804. The van der Waals surface area contributed by atoms with Crippen LogP contribution in [0.25, 0.3) is 0 Å². The molecule has 0 atom stereocenters. The van der Waals surface area contributed by atoms with Crippen molar-refractivity contribution in [2.75, 3.05) is 6.61 Å². The monoisotopic (exact) mass is 344 g/mol. The summed E-state index contributed by atoms with van der Waals surface area (Å²) in [7, 11) is 0. The van der Waals surface area contributed by atoms with Gasteiger partial charge in [-0.25, -0.2) is 14.0 Å². The smallest absolute Gasteiger partial charge is 0.343 e. The lowest BCUT2D eigenvalue weighted by Crippen LogP contribution is -2.16. The third-order valence-electron chi connectivity index (χ3n) is 3.41. The molecule has 0 fully saturated rings. The number of ketones is 1. The Hall–Kier alpha value is -3.02. The van der Waals surface area contributed by atoms with Gasteiger partial charge in [0.2, 0.25) is 0 Å². The lowest BCUT2D eigenvalue weighted by Gasteiger charge is -2.13. The van der Waals surface area contributed by atoms with Crippen LogP contribution < -0.4 is 4.74 Å². The third kappa shape index (κ3) is 4.29. The Labute approximate surface area is 144 Å². The van der Waals surface area contributed by atoms with Crippen molar-refractivity contribution >= 4 is 17.7 Å². The maximum atomic E-state index is 13.0. The maximum Gasteiger partial charge on any atom is 0.343 e. The molecule has 2 aromatic carbocycles. The fourth-order valence-electron chi connectivity index (χ4n) is 2.16. The molecule has 0 radical (unpaired) electrons. The first kappa shape index (κ1) is 18.3. The fraction of sp³-hybridized carbons (Fsp3) is 0.211. The van der Waals surface area contributed by atoms with Gasteiger partial charge in [-0.15, -0.1) is 0 Å². The van der Waals surface area contributed by atoms with E-state index < -0.39 is 17.8 Å². The van der Waals surface area contributed by atoms with Crippen molar-refractivity contribution in [3.8, 4) is 5.75 Å². The molecule has 0 aliphatic heterocycles. The predicted molar refractivity (Wildman–Crippen MR) is 88.4 cm³/mol. The van der Waals surface area contributed by atoms with Crippen molar-refractivity contribution in [3.05, 3.63) is 65.0 Å². The number of Topliss-reactive ketones (excluding diaryl/α,β-unsaturated/α-hetero) is 1. The van der Waals surface area contributed by atoms with Crippen LogP contribution in [-0.2, 0) is 4.74 Å². The number of hydrogen-bond donors (Lipinski definition) is 0. The second-order valence-electron chi connectivity index (χ2n) is 5.08. The number of hydrogen-bond acceptors (Lipinski definition) is 5. The Kier molecular flexibility index (Phi) is 6.00. The number of rotatable bonds is 6. The molecule has 0 unspecified atom stereocenters. The Bertz CT molecular complexity index is 796. The van der Waals surface area contributed by atoms with E-state index in [-0.39, 0.29) is 41.3 Å². The average Bonchev–Trinajstić information content (AvgIpc) is 2.61. The van der Waals surface area contributed by atoms with Gasteiger partial charge in [0.15, 0.2) is 11.5 Å². The first-order valence-electron chi connectivity index (χ1n) is 7.79. The molecule has 0 bridgehead atoms. The summed E-state index contributed by atoms with van der Waals surface area (Å²) in [4.78, 5) is 36.6. The van der Waals surface area contributed by atoms with Crippen molar-refractivity contribution < 1.29 is 28.2 Å². The molecule has 0 saturated heterocycles. The van der Waals surface area contributed by atoms with E-state index in [9.17, 15) is 18.8 Å². The maximum absolute atomic E-state index is 13.0. The molecule has 2 aromatic rings. The van der Waals surface area contributed by atoms with Gasteiger partial charge in [0.25, 0.3) is 0 Å². The van der Waals surface area contributed by atoms with Gasteiger partial charge >= 0.3 is 11.9 Å². The fourth-order valence-corrected chi connectivity index (χ4v) is 2.16. The van der Waals surface area contributed by atoms with Crippen LogP contribution >= 0.6 is 0 Å². The molecule has 0 amide bonds. The number of carbonyl (C=O) groups is 3. The summed E-state index contributed by atoms with van der Waals surface area (Å²) in [5.41, 5.74) is 0.190. The van der Waals surface area contributed by atoms with Gasteiger partial charge in [-0.05, 0) is 43.3 Å². The van der Waals surface area contributed by atoms with E-state index in [2.05, 4.69) is 0 Å². The van der Waals surface area contributed by atoms with E-state index in [1.165, 1.54) is 30.3 Å². The van der Waals surface area contributed by atoms with Crippen molar-refractivity contribution in [2.45, 2.75) is 20.3 Å². The summed E-state index contributed by atoms with van der Waals surface area (Å²) in [6.07, 6.45) is 0.174. The van der Waals surface area contributed by atoms with Crippen molar-refractivity contribution in [1.82, 2.24) is 0 Å². The minimum absolute atomic E-state index is 0.0170. The quantitative estimate of drug-likeness (QED) is 0.453. The van der Waals surface area contributed by atoms with Crippen LogP contribution in [-0.4, -0.2) is 24.3 Å². The molecule has 0 aromatic heterocycles. The normalized spacial score (nSPS) is 10.2. The number of esters is 2. The molecule has 2 rings (SSSR count). The largest absolute Gasteiger partial charge is 0.462 e. The number of carbonyl (C=O) groups excluding carboxylic acids is 3. The van der Waals surface area contributed by atoms with Crippen molar-refractivity contribution in [2.24, 2.45) is 0 Å². The van der Waals surface area contributed by atoms with E-state index in [1.807, 2.05) is 0 Å². The highest BCUT2D eigenvalue weighted by molar-refractivity contribution is 6.05. The number of ether oxygens (including phenoxy) is 2. The van der Waals surface area contributed by atoms with Crippen LogP contribution in [0.2, 0.25) is 0 Å². The number of para-hydroxylation sites is 1. The Morgan fingerprint density at radius 1 is 0.920 bits per heavy atom. The van der Waals surface area contributed by atoms with Crippen LogP contribution in [0.3, 0.4) is 0 Å². The molecule has 0 aliphatic carbocycles. The zero-order chi connectivity index (χ0) is 18.4. The first-order chi connectivity index (χ1) is 12.0. The summed E-state index contributed by atoms with van der Waals surface area (Å²) < 4.78 is 23.2. The topological polar surface area (TPSA) is 69.7 Å². The molecule has 0 aliphatic rings. The molecular formula is C19H17FO5. The first-order valence-corrected chi connectivity index (χ1v) is 7.79. The molecule has 0 saturated carbocycles.